The Bertz CT molecular complexity index is 70.0. The summed E-state index contributed by atoms with van der Waals surface area (Å²) in [5.41, 5.74) is 0. The molecule has 0 rings (SSSR count). The Hall–Kier alpha value is -0.317. The van der Waals surface area contributed by atoms with Gasteiger partial charge in [-0.15, -0.1) is 0 Å². The minimum atomic E-state index is -2.37. The molecule has 0 aliphatic heterocycles. The maximum absolute atomic E-state index is 9.26. The standard InChI is InChI=1S/Bi.NO3.5H2O.O/c;2-1(3)4;;;;;;/h;;5*1H2;/q+1;-1;;;;;;. The predicted molar refractivity (Wildman–Crippen MR) is 32.6 cm³/mol. The van der Waals surface area contributed by atoms with Crippen molar-refractivity contribution in [1.82, 2.24) is 0 Å². The van der Waals surface area contributed by atoms with E-state index in [1.807, 2.05) is 0 Å². The third-order valence-corrected chi connectivity index (χ3v) is 0.877. The minimum absolute atomic E-state index is 0. The molecule has 0 unspecified atom stereocenters. The van der Waals surface area contributed by atoms with Crippen LogP contribution >= 0.6 is 0 Å². The van der Waals surface area contributed by atoms with Gasteiger partial charge in [0.05, 0.1) is 0 Å². The molecule has 0 aliphatic rings. The monoisotopic (exact) mass is 377 g/mol. The van der Waals surface area contributed by atoms with E-state index in [-0.39, 0.29) is 27.4 Å². The van der Waals surface area contributed by atoms with Gasteiger partial charge in [-0.25, -0.2) is 0 Å². The van der Waals surface area contributed by atoms with Crippen LogP contribution in [-0.2, 0) is 5.73 Å². The average Bonchev–Trinajstić information content (AvgIpc) is 1.35. The Morgan fingerprint density at radius 2 is 1.36 bits per heavy atom. The van der Waals surface area contributed by atoms with Crippen molar-refractivity contribution in [3.8, 4) is 0 Å². The first-order chi connectivity index (χ1) is 2.77. The molecule has 0 aromatic heterocycles. The van der Waals surface area contributed by atoms with E-state index in [1.54, 1.807) is 0 Å². The van der Waals surface area contributed by atoms with Crippen molar-refractivity contribution in [2.24, 2.45) is 0 Å². The summed E-state index contributed by atoms with van der Waals surface area (Å²) in [4.78, 5) is 9.03. The van der Waals surface area contributed by atoms with E-state index in [9.17, 15) is 2.81 Å². The van der Waals surface area contributed by atoms with Crippen LogP contribution < -0.4 is 0 Å². The summed E-state index contributed by atoms with van der Waals surface area (Å²) in [5.74, 6) is 0. The number of hydrogen-bond acceptors (Lipinski definition) is 4. The molecule has 0 heterocycles. The number of hydrogen-bond donors (Lipinski definition) is 0. The molecule has 11 heteroatoms. The topological polar surface area (TPSA) is 227 Å². The second-order valence-corrected chi connectivity index (χ2v) is 1.59. The van der Waals surface area contributed by atoms with Crippen molar-refractivity contribution in [3.05, 3.63) is 10.1 Å². The summed E-state index contributed by atoms with van der Waals surface area (Å²) >= 11 is -2.37. The van der Waals surface area contributed by atoms with Crippen LogP contribution in [0.1, 0.15) is 0 Å². The van der Waals surface area contributed by atoms with E-state index in [2.05, 4.69) is 2.91 Å². The summed E-state index contributed by atoms with van der Waals surface area (Å²) < 4.78 is 12.6. The first-order valence-electron chi connectivity index (χ1n) is 0.913. The molecule has 0 aromatic rings. The van der Waals surface area contributed by atoms with Crippen molar-refractivity contribution >= 4 is 23.7 Å². The Labute approximate surface area is 72.4 Å². The van der Waals surface area contributed by atoms with Crippen LogP contribution in [0.25, 0.3) is 0 Å². The molecule has 0 aliphatic carbocycles. The zero-order valence-electron chi connectivity index (χ0n) is 5.03. The Balaban J connectivity index is -0.0000000125. The molecular formula is H10BiNO9. The average molecular weight is 377 g/mol. The van der Waals surface area contributed by atoms with Crippen LogP contribution in [0.2, 0.25) is 0 Å². The Morgan fingerprint density at radius 3 is 1.36 bits per heavy atom. The molecule has 10 N–H and O–H groups in total. The normalized spacial score (nSPS) is 3.64. The maximum atomic E-state index is 9.26. The van der Waals surface area contributed by atoms with Crippen LogP contribution in [0.4, 0.5) is 0 Å². The molecule has 0 amide bonds. The van der Waals surface area contributed by atoms with E-state index < -0.39 is 28.8 Å². The summed E-state index contributed by atoms with van der Waals surface area (Å²) in [5, 5.41) is 7.98. The van der Waals surface area contributed by atoms with E-state index in [4.69, 9.17) is 10.1 Å². The fourth-order valence-electron chi connectivity index (χ4n) is 0.0272. The summed E-state index contributed by atoms with van der Waals surface area (Å²) in [6.45, 7) is 0. The number of rotatable bonds is 2. The summed E-state index contributed by atoms with van der Waals surface area (Å²) in [6.07, 6.45) is 0. The molecule has 74 valence electrons. The van der Waals surface area contributed by atoms with Crippen LogP contribution in [0.3, 0.4) is 0 Å². The molecule has 0 fully saturated rings. The van der Waals surface area contributed by atoms with Gasteiger partial charge in [-0.3, -0.25) is 0 Å². The van der Waals surface area contributed by atoms with E-state index in [0.717, 1.165) is 0 Å². The molecule has 0 aromatic carbocycles. The first-order valence-corrected chi connectivity index (χ1v) is 3.75. The molecule has 10 nitrogen and oxygen atoms in total. The molecule has 0 radical (unpaired) electrons. The van der Waals surface area contributed by atoms with E-state index in [1.165, 1.54) is 0 Å². The molecule has 0 spiro atoms. The molecule has 0 saturated carbocycles. The van der Waals surface area contributed by atoms with Gasteiger partial charge in [0.2, 0.25) is 0 Å². The van der Waals surface area contributed by atoms with Crippen molar-refractivity contribution in [3.63, 3.8) is 0 Å². The SMILES string of the molecule is O.O.O.O.O.[O]=[Bi][O][N+](=O)[O-]. The van der Waals surface area contributed by atoms with Gasteiger partial charge in [-0.2, -0.15) is 0 Å². The van der Waals surface area contributed by atoms with Gasteiger partial charge in [0.1, 0.15) is 0 Å². The van der Waals surface area contributed by atoms with Gasteiger partial charge in [0.25, 0.3) is 0 Å². The fourth-order valence-corrected chi connectivity index (χ4v) is 0.239. The molecule has 0 saturated heterocycles. The molecular weight excluding hydrogens is 367 g/mol. The molecule has 11 heavy (non-hydrogen) atoms. The third kappa shape index (κ3) is 79.4. The van der Waals surface area contributed by atoms with Gasteiger partial charge in [-0.05, 0) is 0 Å². The molecule has 0 atom stereocenters. The van der Waals surface area contributed by atoms with Gasteiger partial charge in [0.15, 0.2) is 0 Å². The van der Waals surface area contributed by atoms with Crippen LogP contribution in [0.5, 0.6) is 0 Å². The predicted octanol–water partition coefficient (Wildman–Crippen LogP) is -4.96. The Kier molecular flexibility index (Phi) is 138. The first kappa shape index (κ1) is 45.7. The van der Waals surface area contributed by atoms with Crippen molar-refractivity contribution in [2.75, 3.05) is 0 Å². The van der Waals surface area contributed by atoms with Gasteiger partial charge < -0.3 is 27.4 Å². The fraction of sp³-hybridized carbons (Fsp3) is 0. The zero-order chi connectivity index (χ0) is 4.99. The Morgan fingerprint density at radius 1 is 1.09 bits per heavy atom. The van der Waals surface area contributed by atoms with E-state index in [0.29, 0.717) is 0 Å². The zero-order valence-corrected chi connectivity index (χ0v) is 8.50. The third-order valence-electron chi connectivity index (χ3n) is 0.100. The van der Waals surface area contributed by atoms with Crippen LogP contribution in [0.15, 0.2) is 0 Å². The second kappa shape index (κ2) is 33.3. The van der Waals surface area contributed by atoms with Crippen molar-refractivity contribution < 1.29 is 38.2 Å². The van der Waals surface area contributed by atoms with Crippen LogP contribution in [0, 0.1) is 10.1 Å². The molecule has 0 bridgehead atoms. The number of nitrogens with zero attached hydrogens (tertiary/aromatic N) is 1. The van der Waals surface area contributed by atoms with Crippen LogP contribution in [-0.4, -0.2) is 56.1 Å². The van der Waals surface area contributed by atoms with Gasteiger partial charge >= 0.3 is 44.6 Å². The second-order valence-electron chi connectivity index (χ2n) is 0.380. The van der Waals surface area contributed by atoms with Crippen molar-refractivity contribution in [2.45, 2.75) is 0 Å². The summed E-state index contributed by atoms with van der Waals surface area (Å²) in [6, 6.07) is 0. The van der Waals surface area contributed by atoms with Gasteiger partial charge in [-0.1, -0.05) is 0 Å². The van der Waals surface area contributed by atoms with Gasteiger partial charge in [0, 0.05) is 0 Å². The summed E-state index contributed by atoms with van der Waals surface area (Å²) in [7, 11) is 0. The van der Waals surface area contributed by atoms with E-state index >= 15 is 0 Å². The van der Waals surface area contributed by atoms with Crippen molar-refractivity contribution in [1.29, 1.82) is 0 Å². The quantitative estimate of drug-likeness (QED) is 0.261.